The summed E-state index contributed by atoms with van der Waals surface area (Å²) in [4.78, 5) is 14.1. The van der Waals surface area contributed by atoms with Gasteiger partial charge in [-0.2, -0.15) is 0 Å². The first-order valence-electron chi connectivity index (χ1n) is 7.89. The van der Waals surface area contributed by atoms with Crippen LogP contribution in [0.3, 0.4) is 0 Å². The molecule has 2 heterocycles. The molecule has 0 aromatic heterocycles. The molecule has 19 heavy (non-hydrogen) atoms. The number of carbonyl (C=O) groups excluding carboxylic acids is 1. The highest BCUT2D eigenvalue weighted by atomic mass is 16.5. The maximum Gasteiger partial charge on any atom is 0.239 e. The Kier molecular flexibility index (Phi) is 3.81. The molecule has 2 unspecified atom stereocenters. The van der Waals surface area contributed by atoms with Crippen LogP contribution in [0.15, 0.2) is 0 Å². The van der Waals surface area contributed by atoms with E-state index in [4.69, 9.17) is 4.74 Å². The summed E-state index contributed by atoms with van der Waals surface area (Å²) >= 11 is 0. The molecule has 1 aliphatic carbocycles. The van der Waals surface area contributed by atoms with Crippen molar-refractivity contribution in [2.24, 2.45) is 0 Å². The van der Waals surface area contributed by atoms with Crippen LogP contribution in [0.4, 0.5) is 0 Å². The Labute approximate surface area is 115 Å². The molecule has 3 aliphatic rings. The van der Waals surface area contributed by atoms with Crippen LogP contribution in [-0.2, 0) is 9.53 Å². The van der Waals surface area contributed by atoms with Crippen LogP contribution in [-0.4, -0.2) is 48.2 Å². The monoisotopic (exact) mass is 266 g/mol. The third kappa shape index (κ3) is 2.79. The predicted octanol–water partition coefficient (Wildman–Crippen LogP) is 1.69. The molecular formula is C15H26N2O2. The Morgan fingerprint density at radius 2 is 2.11 bits per heavy atom. The molecular weight excluding hydrogens is 240 g/mol. The molecule has 2 aliphatic heterocycles. The minimum absolute atomic E-state index is 0.0289. The van der Waals surface area contributed by atoms with Crippen LogP contribution < -0.4 is 5.32 Å². The van der Waals surface area contributed by atoms with Crippen LogP contribution in [0.1, 0.15) is 51.9 Å². The van der Waals surface area contributed by atoms with Gasteiger partial charge in [0.25, 0.3) is 0 Å². The van der Waals surface area contributed by atoms with Crippen LogP contribution in [0.2, 0.25) is 0 Å². The predicted molar refractivity (Wildman–Crippen MR) is 74.0 cm³/mol. The average Bonchev–Trinajstić information content (AvgIpc) is 2.79. The van der Waals surface area contributed by atoms with Crippen molar-refractivity contribution in [2.75, 3.05) is 19.6 Å². The van der Waals surface area contributed by atoms with E-state index in [0.29, 0.717) is 0 Å². The number of hydrogen-bond donors (Lipinski definition) is 1. The van der Waals surface area contributed by atoms with Crippen molar-refractivity contribution in [1.82, 2.24) is 10.2 Å². The molecule has 3 fully saturated rings. The Hall–Kier alpha value is -0.610. The third-order valence-corrected chi connectivity index (χ3v) is 5.04. The summed E-state index contributed by atoms with van der Waals surface area (Å²) in [6.45, 7) is 4.49. The minimum atomic E-state index is -0.0289. The zero-order valence-corrected chi connectivity index (χ0v) is 12.0. The van der Waals surface area contributed by atoms with E-state index < -0.39 is 0 Å². The fourth-order valence-corrected chi connectivity index (χ4v) is 3.90. The summed E-state index contributed by atoms with van der Waals surface area (Å²) in [7, 11) is 0. The maximum atomic E-state index is 12.1. The molecule has 0 bridgehead atoms. The lowest BCUT2D eigenvalue weighted by Crippen LogP contribution is -2.55. The first kappa shape index (κ1) is 13.4. The first-order chi connectivity index (χ1) is 9.19. The van der Waals surface area contributed by atoms with Gasteiger partial charge in [0.15, 0.2) is 0 Å². The van der Waals surface area contributed by atoms with E-state index in [1.165, 1.54) is 38.5 Å². The number of carbonyl (C=O) groups is 1. The minimum Gasteiger partial charge on any atom is -0.370 e. The average molecular weight is 266 g/mol. The number of nitrogens with zero attached hydrogens (tertiary/aromatic N) is 1. The molecule has 1 amide bonds. The molecule has 1 spiro atoms. The summed E-state index contributed by atoms with van der Waals surface area (Å²) in [5.41, 5.74) is 0.172. The molecule has 1 saturated carbocycles. The van der Waals surface area contributed by atoms with Gasteiger partial charge in [-0.05, 0) is 32.6 Å². The van der Waals surface area contributed by atoms with Crippen molar-refractivity contribution in [3.63, 3.8) is 0 Å². The van der Waals surface area contributed by atoms with Crippen LogP contribution in [0, 0.1) is 0 Å². The van der Waals surface area contributed by atoms with Gasteiger partial charge < -0.3 is 15.0 Å². The van der Waals surface area contributed by atoms with Crippen molar-refractivity contribution >= 4 is 5.91 Å². The Morgan fingerprint density at radius 3 is 2.89 bits per heavy atom. The number of hydrogen-bond acceptors (Lipinski definition) is 3. The largest absolute Gasteiger partial charge is 0.370 e. The van der Waals surface area contributed by atoms with Crippen LogP contribution in [0.25, 0.3) is 0 Å². The van der Waals surface area contributed by atoms with Gasteiger partial charge in [-0.25, -0.2) is 0 Å². The first-order valence-corrected chi connectivity index (χ1v) is 7.89. The van der Waals surface area contributed by atoms with Gasteiger partial charge in [0, 0.05) is 19.6 Å². The molecule has 1 N–H and O–H groups in total. The van der Waals surface area contributed by atoms with Gasteiger partial charge in [-0.3, -0.25) is 4.79 Å². The van der Waals surface area contributed by atoms with Crippen LogP contribution in [0.5, 0.6) is 0 Å². The second-order valence-electron chi connectivity index (χ2n) is 6.48. The second kappa shape index (κ2) is 5.41. The lowest BCUT2D eigenvalue weighted by molar-refractivity contribution is -0.139. The number of rotatable bonds is 2. The van der Waals surface area contributed by atoms with E-state index in [0.717, 1.165) is 26.1 Å². The standard InChI is InChI=1S/C15H26N2O2/c1-12-14(18)17(10-9-16-12)11-13-5-8-15(19-13)6-3-2-4-7-15/h12-13,16H,2-11H2,1H3. The molecule has 0 aromatic carbocycles. The van der Waals surface area contributed by atoms with E-state index in [9.17, 15) is 4.79 Å². The lowest BCUT2D eigenvalue weighted by atomic mass is 9.83. The molecule has 2 atom stereocenters. The van der Waals surface area contributed by atoms with Gasteiger partial charge in [-0.1, -0.05) is 19.3 Å². The molecule has 0 aromatic rings. The van der Waals surface area contributed by atoms with Crippen molar-refractivity contribution in [1.29, 1.82) is 0 Å². The van der Waals surface area contributed by atoms with Crippen molar-refractivity contribution in [3.05, 3.63) is 0 Å². The normalized spacial score (nSPS) is 35.0. The van der Waals surface area contributed by atoms with E-state index in [2.05, 4.69) is 5.32 Å². The van der Waals surface area contributed by atoms with E-state index in [-0.39, 0.29) is 23.7 Å². The molecule has 3 rings (SSSR count). The summed E-state index contributed by atoms with van der Waals surface area (Å²) in [5.74, 6) is 0.236. The fraction of sp³-hybridized carbons (Fsp3) is 0.933. The number of piperazine rings is 1. The zero-order chi connectivity index (χ0) is 13.3. The van der Waals surface area contributed by atoms with Gasteiger partial charge in [-0.15, -0.1) is 0 Å². The molecule has 108 valence electrons. The summed E-state index contributed by atoms with van der Waals surface area (Å²) in [5, 5.41) is 3.21. The number of ether oxygens (including phenoxy) is 1. The van der Waals surface area contributed by atoms with Gasteiger partial charge in [0.2, 0.25) is 5.91 Å². The molecule has 0 radical (unpaired) electrons. The Bertz CT molecular complexity index is 339. The van der Waals surface area contributed by atoms with Crippen molar-refractivity contribution < 1.29 is 9.53 Å². The van der Waals surface area contributed by atoms with Gasteiger partial charge in [0.05, 0.1) is 17.7 Å². The van der Waals surface area contributed by atoms with E-state index in [1.807, 2.05) is 11.8 Å². The molecule has 4 nitrogen and oxygen atoms in total. The smallest absolute Gasteiger partial charge is 0.239 e. The zero-order valence-electron chi connectivity index (χ0n) is 12.0. The number of nitrogens with one attached hydrogen (secondary N) is 1. The van der Waals surface area contributed by atoms with Gasteiger partial charge >= 0.3 is 0 Å². The molecule has 2 saturated heterocycles. The lowest BCUT2D eigenvalue weighted by Gasteiger charge is -2.36. The summed E-state index contributed by atoms with van der Waals surface area (Å²) in [6.07, 6.45) is 9.06. The quantitative estimate of drug-likeness (QED) is 0.827. The Balaban J connectivity index is 1.55. The SMILES string of the molecule is CC1NCCN(CC2CCC3(CCCCC3)O2)C1=O. The third-order valence-electron chi connectivity index (χ3n) is 5.04. The summed E-state index contributed by atoms with van der Waals surface area (Å²) < 4.78 is 6.36. The van der Waals surface area contributed by atoms with Crippen molar-refractivity contribution in [3.8, 4) is 0 Å². The number of amides is 1. The van der Waals surface area contributed by atoms with Crippen LogP contribution >= 0.6 is 0 Å². The van der Waals surface area contributed by atoms with Gasteiger partial charge in [0.1, 0.15) is 0 Å². The topological polar surface area (TPSA) is 41.6 Å². The van der Waals surface area contributed by atoms with E-state index in [1.54, 1.807) is 0 Å². The summed E-state index contributed by atoms with van der Waals surface area (Å²) in [6, 6.07) is -0.0289. The fourth-order valence-electron chi connectivity index (χ4n) is 3.90. The highest BCUT2D eigenvalue weighted by molar-refractivity contribution is 5.82. The van der Waals surface area contributed by atoms with Crippen molar-refractivity contribution in [2.45, 2.75) is 69.6 Å². The maximum absolute atomic E-state index is 12.1. The van der Waals surface area contributed by atoms with E-state index >= 15 is 0 Å². The highest BCUT2D eigenvalue weighted by Gasteiger charge is 2.41. The highest BCUT2D eigenvalue weighted by Crippen LogP contribution is 2.42. The second-order valence-corrected chi connectivity index (χ2v) is 6.48. The molecule has 4 heteroatoms. The Morgan fingerprint density at radius 1 is 1.32 bits per heavy atom.